The molecule has 1 fully saturated rings. The molecular weight excluding hydrogens is 416 g/mol. The molecule has 6 heteroatoms. The molecule has 33 heavy (non-hydrogen) atoms. The molecule has 3 rings (SSSR count). The van der Waals surface area contributed by atoms with Crippen LogP contribution in [-0.4, -0.2) is 44.0 Å². The number of nitrogens with zero attached hydrogens (tertiary/aromatic N) is 1. The van der Waals surface area contributed by atoms with Crippen LogP contribution in [0, 0.1) is 17.8 Å². The number of carbonyl (C=O) groups excluding carboxylic acids is 2. The van der Waals surface area contributed by atoms with Gasteiger partial charge in [-0.15, -0.1) is 0 Å². The number of amides is 2. The maximum Gasteiger partial charge on any atom is 0.260 e. The van der Waals surface area contributed by atoms with Crippen LogP contribution < -0.4 is 15.2 Å². The number of ether oxygens (including phenoxy) is 2. The van der Waals surface area contributed by atoms with E-state index in [0.29, 0.717) is 46.9 Å². The van der Waals surface area contributed by atoms with E-state index in [4.69, 9.17) is 15.2 Å². The SMILES string of the molecule is COc1ccc(C(=O)N(CCCC2CCC(CN)C(C)C2)C(=O)c2ccc(OC)cc2)cc1. The number of benzene rings is 2. The third-order valence-electron chi connectivity index (χ3n) is 6.92. The first-order valence-corrected chi connectivity index (χ1v) is 11.8. The average molecular weight is 453 g/mol. The summed E-state index contributed by atoms with van der Waals surface area (Å²) < 4.78 is 10.4. The molecule has 0 heterocycles. The van der Waals surface area contributed by atoms with Crippen LogP contribution in [0.1, 0.15) is 59.7 Å². The van der Waals surface area contributed by atoms with Crippen LogP contribution in [-0.2, 0) is 0 Å². The summed E-state index contributed by atoms with van der Waals surface area (Å²) in [5, 5.41) is 0. The van der Waals surface area contributed by atoms with Crippen LogP contribution >= 0.6 is 0 Å². The predicted molar refractivity (Wildman–Crippen MR) is 130 cm³/mol. The lowest BCUT2D eigenvalue weighted by atomic mass is 9.73. The van der Waals surface area contributed by atoms with Crippen molar-refractivity contribution in [3.63, 3.8) is 0 Å². The molecule has 6 nitrogen and oxygen atoms in total. The summed E-state index contributed by atoms with van der Waals surface area (Å²) in [6.07, 6.45) is 5.30. The van der Waals surface area contributed by atoms with Crippen molar-refractivity contribution in [3.05, 3.63) is 59.7 Å². The molecule has 2 aromatic rings. The summed E-state index contributed by atoms with van der Waals surface area (Å²) in [5.41, 5.74) is 6.83. The van der Waals surface area contributed by atoms with Gasteiger partial charge in [0.2, 0.25) is 0 Å². The third kappa shape index (κ3) is 6.35. The number of hydrogen-bond acceptors (Lipinski definition) is 5. The van der Waals surface area contributed by atoms with E-state index in [0.717, 1.165) is 19.4 Å². The highest BCUT2D eigenvalue weighted by molar-refractivity contribution is 6.10. The van der Waals surface area contributed by atoms with Crippen LogP contribution in [0.3, 0.4) is 0 Å². The predicted octanol–water partition coefficient (Wildman–Crippen LogP) is 4.78. The number of carbonyl (C=O) groups is 2. The quantitative estimate of drug-likeness (QED) is 0.554. The Kier molecular flexibility index (Phi) is 8.89. The van der Waals surface area contributed by atoms with E-state index in [1.807, 2.05) is 0 Å². The van der Waals surface area contributed by atoms with Crippen molar-refractivity contribution in [1.82, 2.24) is 4.90 Å². The van der Waals surface area contributed by atoms with Crippen molar-refractivity contribution in [2.24, 2.45) is 23.5 Å². The number of methoxy groups -OCH3 is 2. The monoisotopic (exact) mass is 452 g/mol. The molecule has 1 aliphatic rings. The van der Waals surface area contributed by atoms with Crippen molar-refractivity contribution >= 4 is 11.8 Å². The zero-order valence-electron chi connectivity index (χ0n) is 20.0. The fourth-order valence-electron chi connectivity index (χ4n) is 4.79. The molecule has 2 aromatic carbocycles. The maximum absolute atomic E-state index is 13.3. The van der Waals surface area contributed by atoms with E-state index in [2.05, 4.69) is 6.92 Å². The topological polar surface area (TPSA) is 81.9 Å². The van der Waals surface area contributed by atoms with Gasteiger partial charge < -0.3 is 15.2 Å². The summed E-state index contributed by atoms with van der Waals surface area (Å²) in [7, 11) is 3.16. The van der Waals surface area contributed by atoms with Gasteiger partial charge >= 0.3 is 0 Å². The standard InChI is InChI=1S/C27H36N2O4/c1-19-17-20(6-7-23(19)18-28)5-4-16-29(26(30)21-8-12-24(32-2)13-9-21)27(31)22-10-14-25(33-3)15-11-22/h8-15,19-20,23H,4-7,16-18,28H2,1-3H3. The Morgan fingerprint density at radius 2 is 1.42 bits per heavy atom. The van der Waals surface area contributed by atoms with Gasteiger partial charge in [-0.05, 0) is 98.5 Å². The lowest BCUT2D eigenvalue weighted by molar-refractivity contribution is 0.0608. The second kappa shape index (κ2) is 11.8. The molecule has 1 aliphatic carbocycles. The van der Waals surface area contributed by atoms with E-state index < -0.39 is 0 Å². The lowest BCUT2D eigenvalue weighted by Crippen LogP contribution is -2.38. The van der Waals surface area contributed by atoms with Gasteiger partial charge in [0.25, 0.3) is 11.8 Å². The van der Waals surface area contributed by atoms with E-state index in [1.54, 1.807) is 62.8 Å². The van der Waals surface area contributed by atoms with Gasteiger partial charge in [-0.25, -0.2) is 0 Å². The number of imide groups is 1. The van der Waals surface area contributed by atoms with Crippen LogP contribution in [0.25, 0.3) is 0 Å². The Morgan fingerprint density at radius 1 is 0.909 bits per heavy atom. The molecule has 178 valence electrons. The largest absolute Gasteiger partial charge is 0.497 e. The highest BCUT2D eigenvalue weighted by atomic mass is 16.5. The second-order valence-electron chi connectivity index (χ2n) is 9.01. The van der Waals surface area contributed by atoms with E-state index >= 15 is 0 Å². The molecule has 2 amide bonds. The molecule has 0 bridgehead atoms. The summed E-state index contributed by atoms with van der Waals surface area (Å²) in [6, 6.07) is 13.7. The molecule has 0 spiro atoms. The Bertz CT molecular complexity index is 851. The molecule has 3 atom stereocenters. The smallest absolute Gasteiger partial charge is 0.260 e. The summed E-state index contributed by atoms with van der Waals surface area (Å²) in [5.74, 6) is 2.62. The Hall–Kier alpha value is -2.86. The highest BCUT2D eigenvalue weighted by Crippen LogP contribution is 2.35. The van der Waals surface area contributed by atoms with Gasteiger partial charge in [0, 0.05) is 17.7 Å². The molecule has 0 saturated heterocycles. The van der Waals surface area contributed by atoms with Crippen molar-refractivity contribution in [2.75, 3.05) is 27.3 Å². The minimum atomic E-state index is -0.293. The zero-order valence-corrected chi connectivity index (χ0v) is 20.0. The molecule has 3 unspecified atom stereocenters. The van der Waals surface area contributed by atoms with Crippen molar-refractivity contribution < 1.29 is 19.1 Å². The van der Waals surface area contributed by atoms with Crippen LogP contribution in [0.15, 0.2) is 48.5 Å². The fraction of sp³-hybridized carbons (Fsp3) is 0.481. The molecule has 0 aliphatic heterocycles. The van der Waals surface area contributed by atoms with Crippen LogP contribution in [0.2, 0.25) is 0 Å². The summed E-state index contributed by atoms with van der Waals surface area (Å²) in [4.78, 5) is 28.0. The minimum absolute atomic E-state index is 0.293. The zero-order chi connectivity index (χ0) is 23.8. The third-order valence-corrected chi connectivity index (χ3v) is 6.92. The van der Waals surface area contributed by atoms with Gasteiger partial charge in [-0.2, -0.15) is 0 Å². The molecule has 0 aromatic heterocycles. The first kappa shape index (κ1) is 24.8. The van der Waals surface area contributed by atoms with Crippen LogP contribution in [0.5, 0.6) is 11.5 Å². The number of nitrogens with two attached hydrogens (primary N) is 1. The molecule has 2 N–H and O–H groups in total. The fourth-order valence-corrected chi connectivity index (χ4v) is 4.79. The van der Waals surface area contributed by atoms with Gasteiger partial charge in [-0.1, -0.05) is 13.3 Å². The molecule has 0 radical (unpaired) electrons. The molecule has 1 saturated carbocycles. The Labute approximate surface area is 197 Å². The van der Waals surface area contributed by atoms with Crippen molar-refractivity contribution in [3.8, 4) is 11.5 Å². The van der Waals surface area contributed by atoms with Crippen LogP contribution in [0.4, 0.5) is 0 Å². The summed E-state index contributed by atoms with van der Waals surface area (Å²) >= 11 is 0. The van der Waals surface area contributed by atoms with E-state index in [-0.39, 0.29) is 11.8 Å². The maximum atomic E-state index is 13.3. The van der Waals surface area contributed by atoms with Crippen molar-refractivity contribution in [2.45, 2.75) is 39.0 Å². The van der Waals surface area contributed by atoms with E-state index in [1.165, 1.54) is 24.2 Å². The average Bonchev–Trinajstić information content (AvgIpc) is 2.86. The van der Waals surface area contributed by atoms with Gasteiger partial charge in [-0.3, -0.25) is 14.5 Å². The second-order valence-corrected chi connectivity index (χ2v) is 9.01. The highest BCUT2D eigenvalue weighted by Gasteiger charge is 2.28. The minimum Gasteiger partial charge on any atom is -0.497 e. The Morgan fingerprint density at radius 3 is 1.85 bits per heavy atom. The normalized spacial score (nSPS) is 20.2. The van der Waals surface area contributed by atoms with Crippen molar-refractivity contribution in [1.29, 1.82) is 0 Å². The summed E-state index contributed by atoms with van der Waals surface area (Å²) in [6.45, 7) is 3.44. The van der Waals surface area contributed by atoms with Gasteiger partial charge in [0.05, 0.1) is 14.2 Å². The number of hydrogen-bond donors (Lipinski definition) is 1. The van der Waals surface area contributed by atoms with Gasteiger partial charge in [0.15, 0.2) is 0 Å². The molecular formula is C27H36N2O4. The first-order valence-electron chi connectivity index (χ1n) is 11.8. The number of rotatable bonds is 9. The van der Waals surface area contributed by atoms with Gasteiger partial charge in [0.1, 0.15) is 11.5 Å². The Balaban J connectivity index is 1.71. The first-order chi connectivity index (χ1) is 16.0. The lowest BCUT2D eigenvalue weighted by Gasteiger charge is -2.34. The van der Waals surface area contributed by atoms with E-state index in [9.17, 15) is 9.59 Å².